The summed E-state index contributed by atoms with van der Waals surface area (Å²) >= 11 is 0. The highest BCUT2D eigenvalue weighted by atomic mass is 19.4. The van der Waals surface area contributed by atoms with E-state index in [0.29, 0.717) is 0 Å². The van der Waals surface area contributed by atoms with Crippen LogP contribution in [0.1, 0.15) is 34.1 Å². The van der Waals surface area contributed by atoms with Crippen molar-refractivity contribution in [2.45, 2.75) is 51.9 Å². The Hall–Kier alpha value is -0.980. The number of halogens is 3. The summed E-state index contributed by atoms with van der Waals surface area (Å²) in [7, 11) is 0. The topological polar surface area (TPSA) is 55.6 Å². The normalized spacial score (nSPS) is 26.3. The van der Waals surface area contributed by atoms with Crippen molar-refractivity contribution in [3.63, 3.8) is 0 Å². The Balaban J connectivity index is 2.62. The number of ether oxygens (including phenoxy) is 1. The van der Waals surface area contributed by atoms with Gasteiger partial charge in [-0.25, -0.2) is 4.79 Å². The lowest BCUT2D eigenvalue weighted by molar-refractivity contribution is -0.166. The van der Waals surface area contributed by atoms with Crippen molar-refractivity contribution in [1.29, 1.82) is 0 Å². The van der Waals surface area contributed by atoms with E-state index in [1.807, 2.05) is 0 Å². The maximum atomic E-state index is 12.7. The maximum Gasteiger partial charge on any atom is 0.410 e. The monoisotopic (exact) mass is 296 g/mol. The fraction of sp³-hybridized carbons (Fsp3) is 0.923. The second kappa shape index (κ2) is 5.79. The Morgan fingerprint density at radius 1 is 1.35 bits per heavy atom. The number of nitrogens with two attached hydrogens (primary N) is 1. The summed E-state index contributed by atoms with van der Waals surface area (Å²) < 4.78 is 43.2. The third kappa shape index (κ3) is 4.54. The molecule has 0 aromatic heterocycles. The number of amides is 1. The highest BCUT2D eigenvalue weighted by Crippen LogP contribution is 2.33. The number of piperidine rings is 1. The number of rotatable bonds is 1. The van der Waals surface area contributed by atoms with Crippen molar-refractivity contribution in [2.75, 3.05) is 13.1 Å². The summed E-state index contributed by atoms with van der Waals surface area (Å²) in [6.07, 6.45) is -4.64. The summed E-state index contributed by atoms with van der Waals surface area (Å²) in [4.78, 5) is 13.3. The minimum atomic E-state index is -4.40. The number of carbonyl (C=O) groups excluding carboxylic acids is 1. The van der Waals surface area contributed by atoms with Gasteiger partial charge in [-0.2, -0.15) is 13.2 Å². The molecule has 0 saturated carbocycles. The zero-order valence-electron chi connectivity index (χ0n) is 12.3. The first-order valence-electron chi connectivity index (χ1n) is 6.72. The van der Waals surface area contributed by atoms with Gasteiger partial charge in [-0.15, -0.1) is 0 Å². The molecule has 4 nitrogen and oxygen atoms in total. The lowest BCUT2D eigenvalue weighted by atomic mass is 9.81. The molecule has 1 aliphatic heterocycles. The molecule has 0 aromatic rings. The minimum absolute atomic E-state index is 0.237. The van der Waals surface area contributed by atoms with Gasteiger partial charge in [0.15, 0.2) is 0 Å². The van der Waals surface area contributed by atoms with E-state index in [2.05, 4.69) is 0 Å². The highest BCUT2D eigenvalue weighted by Gasteiger charge is 2.45. The predicted octanol–water partition coefficient (Wildman–Crippen LogP) is 2.77. The smallest absolute Gasteiger partial charge is 0.410 e. The van der Waals surface area contributed by atoms with Gasteiger partial charge in [0.1, 0.15) is 11.6 Å². The average Bonchev–Trinajstić information content (AvgIpc) is 2.24. The molecular weight excluding hydrogens is 273 g/mol. The molecule has 0 aliphatic carbocycles. The van der Waals surface area contributed by atoms with Crippen LogP contribution in [0.2, 0.25) is 0 Å². The van der Waals surface area contributed by atoms with E-state index in [0.717, 1.165) is 0 Å². The Kier molecular flexibility index (Phi) is 4.94. The van der Waals surface area contributed by atoms with Crippen molar-refractivity contribution in [3.8, 4) is 0 Å². The molecule has 1 aliphatic rings. The Bertz CT molecular complexity index is 353. The first-order valence-corrected chi connectivity index (χ1v) is 6.72. The van der Waals surface area contributed by atoms with Crippen molar-refractivity contribution in [3.05, 3.63) is 0 Å². The number of carbonyl (C=O) groups is 1. The Morgan fingerprint density at radius 2 is 1.90 bits per heavy atom. The first-order chi connectivity index (χ1) is 8.92. The molecule has 1 fully saturated rings. The van der Waals surface area contributed by atoms with Crippen LogP contribution >= 0.6 is 0 Å². The van der Waals surface area contributed by atoms with Gasteiger partial charge >= 0.3 is 12.3 Å². The molecule has 3 unspecified atom stereocenters. The van der Waals surface area contributed by atoms with E-state index in [4.69, 9.17) is 10.5 Å². The summed E-state index contributed by atoms with van der Waals surface area (Å²) in [5.74, 6) is -0.971. The fourth-order valence-electron chi connectivity index (χ4n) is 2.43. The van der Waals surface area contributed by atoms with Crippen LogP contribution in [0.4, 0.5) is 18.0 Å². The third-order valence-corrected chi connectivity index (χ3v) is 3.46. The molecule has 1 amide bonds. The molecule has 0 aromatic carbocycles. The van der Waals surface area contributed by atoms with E-state index < -0.39 is 29.8 Å². The SMILES string of the molecule is CC1CN(C(=O)OC(C)(C)C)CCC1C(N)C(F)(F)F. The van der Waals surface area contributed by atoms with E-state index >= 15 is 0 Å². The molecule has 0 spiro atoms. The van der Waals surface area contributed by atoms with Crippen molar-refractivity contribution in [2.24, 2.45) is 17.6 Å². The first kappa shape index (κ1) is 17.1. The van der Waals surface area contributed by atoms with Crippen molar-refractivity contribution < 1.29 is 22.7 Å². The predicted molar refractivity (Wildman–Crippen MR) is 69.1 cm³/mol. The molecule has 118 valence electrons. The molecule has 0 bridgehead atoms. The van der Waals surface area contributed by atoms with Gasteiger partial charge in [0.2, 0.25) is 0 Å². The highest BCUT2D eigenvalue weighted by molar-refractivity contribution is 5.68. The van der Waals surface area contributed by atoms with Crippen LogP contribution in [-0.2, 0) is 4.74 Å². The number of hydrogen-bond acceptors (Lipinski definition) is 3. The number of hydrogen-bond donors (Lipinski definition) is 1. The van der Waals surface area contributed by atoms with E-state index in [1.54, 1.807) is 27.7 Å². The second-order valence-electron chi connectivity index (χ2n) is 6.42. The summed E-state index contributed by atoms with van der Waals surface area (Å²) in [5, 5.41) is 0. The zero-order valence-corrected chi connectivity index (χ0v) is 12.3. The molecule has 20 heavy (non-hydrogen) atoms. The lowest BCUT2D eigenvalue weighted by Crippen LogP contribution is -2.53. The molecular formula is C13H23F3N2O2. The standard InChI is InChI=1S/C13H23F3N2O2/c1-8-7-18(11(19)20-12(2,3)4)6-5-9(8)10(17)13(14,15)16/h8-10H,5-7,17H2,1-4H3. The van der Waals surface area contributed by atoms with Crippen LogP contribution in [0, 0.1) is 11.8 Å². The Morgan fingerprint density at radius 3 is 2.30 bits per heavy atom. The third-order valence-electron chi connectivity index (χ3n) is 3.46. The average molecular weight is 296 g/mol. The van der Waals surface area contributed by atoms with Crippen molar-refractivity contribution >= 4 is 6.09 Å². The number of likely N-dealkylation sites (tertiary alicyclic amines) is 1. The minimum Gasteiger partial charge on any atom is -0.444 e. The zero-order chi connectivity index (χ0) is 15.7. The molecule has 2 N–H and O–H groups in total. The van der Waals surface area contributed by atoms with Crippen LogP contribution in [0.3, 0.4) is 0 Å². The van der Waals surface area contributed by atoms with E-state index in [1.165, 1.54) is 4.90 Å². The van der Waals surface area contributed by atoms with Crippen LogP contribution in [0.15, 0.2) is 0 Å². The molecule has 7 heteroatoms. The molecule has 0 radical (unpaired) electrons. The van der Waals surface area contributed by atoms with E-state index in [9.17, 15) is 18.0 Å². The van der Waals surface area contributed by atoms with Gasteiger partial charge in [0.05, 0.1) is 0 Å². The number of alkyl halides is 3. The Labute approximate surface area is 117 Å². The van der Waals surface area contributed by atoms with Crippen LogP contribution in [0.5, 0.6) is 0 Å². The second-order valence-corrected chi connectivity index (χ2v) is 6.42. The van der Waals surface area contributed by atoms with Gasteiger partial charge in [0.25, 0.3) is 0 Å². The van der Waals surface area contributed by atoms with Crippen LogP contribution in [0.25, 0.3) is 0 Å². The van der Waals surface area contributed by atoms with Crippen molar-refractivity contribution in [1.82, 2.24) is 4.90 Å². The van der Waals surface area contributed by atoms with Gasteiger partial charge in [0, 0.05) is 13.1 Å². The van der Waals surface area contributed by atoms with Gasteiger partial charge in [-0.1, -0.05) is 6.92 Å². The molecule has 1 rings (SSSR count). The summed E-state index contributed by atoms with van der Waals surface area (Å²) in [6.45, 7) is 7.42. The summed E-state index contributed by atoms with van der Waals surface area (Å²) in [6, 6.07) is -1.83. The lowest BCUT2D eigenvalue weighted by Gasteiger charge is -2.40. The van der Waals surface area contributed by atoms with Gasteiger partial charge in [-0.05, 0) is 39.0 Å². The summed E-state index contributed by atoms with van der Waals surface area (Å²) in [5.41, 5.74) is 4.67. The number of nitrogens with zero attached hydrogens (tertiary/aromatic N) is 1. The fourth-order valence-corrected chi connectivity index (χ4v) is 2.43. The molecule has 3 atom stereocenters. The van der Waals surface area contributed by atoms with E-state index in [-0.39, 0.29) is 25.4 Å². The molecule has 1 heterocycles. The van der Waals surface area contributed by atoms with Gasteiger partial charge < -0.3 is 15.4 Å². The maximum absolute atomic E-state index is 12.7. The largest absolute Gasteiger partial charge is 0.444 e. The van der Waals surface area contributed by atoms with Gasteiger partial charge in [-0.3, -0.25) is 0 Å². The molecule has 1 saturated heterocycles. The van der Waals surface area contributed by atoms with Crippen LogP contribution < -0.4 is 5.73 Å². The van der Waals surface area contributed by atoms with Crippen LogP contribution in [-0.4, -0.2) is 41.9 Å². The quantitative estimate of drug-likeness (QED) is 0.809.